The topological polar surface area (TPSA) is 18.5 Å². The summed E-state index contributed by atoms with van der Waals surface area (Å²) in [6.07, 6.45) is 3.65. The van der Waals surface area contributed by atoms with E-state index in [9.17, 15) is 0 Å². The third-order valence-corrected chi connectivity index (χ3v) is 4.56. The van der Waals surface area contributed by atoms with Crippen molar-refractivity contribution in [1.29, 1.82) is 0 Å². The van der Waals surface area contributed by atoms with Crippen LogP contribution in [0.15, 0.2) is 48.5 Å². The van der Waals surface area contributed by atoms with Crippen LogP contribution in [0.1, 0.15) is 43.9 Å². The summed E-state index contributed by atoms with van der Waals surface area (Å²) in [4.78, 5) is 0. The Balaban J connectivity index is 1.65. The Morgan fingerprint density at radius 1 is 0.826 bits per heavy atom. The lowest BCUT2D eigenvalue weighted by Gasteiger charge is -2.29. The molecule has 0 bridgehead atoms. The number of ether oxygens (including phenoxy) is 2. The molecule has 2 aromatic carbocycles. The Kier molecular flexibility index (Phi) is 5.47. The molecule has 2 unspecified atom stereocenters. The molecule has 0 aliphatic carbocycles. The highest BCUT2D eigenvalue weighted by atomic mass is 16.6. The molecule has 2 aromatic rings. The van der Waals surface area contributed by atoms with E-state index >= 15 is 0 Å². The molecule has 1 fully saturated rings. The third kappa shape index (κ3) is 4.01. The van der Waals surface area contributed by atoms with E-state index in [4.69, 9.17) is 9.47 Å². The fourth-order valence-corrected chi connectivity index (χ4v) is 3.05. The van der Waals surface area contributed by atoms with Crippen LogP contribution >= 0.6 is 0 Å². The van der Waals surface area contributed by atoms with Gasteiger partial charge in [-0.15, -0.1) is 0 Å². The van der Waals surface area contributed by atoms with E-state index < -0.39 is 0 Å². The van der Waals surface area contributed by atoms with E-state index in [2.05, 4.69) is 62.4 Å². The second-order valence-corrected chi connectivity index (χ2v) is 6.24. The molecule has 1 saturated heterocycles. The van der Waals surface area contributed by atoms with E-state index in [1.54, 1.807) is 0 Å². The van der Waals surface area contributed by atoms with Gasteiger partial charge in [0.15, 0.2) is 0 Å². The molecular formula is C21H26O2. The zero-order valence-electron chi connectivity index (χ0n) is 14.1. The van der Waals surface area contributed by atoms with Crippen molar-refractivity contribution in [1.82, 2.24) is 0 Å². The molecule has 122 valence electrons. The van der Waals surface area contributed by atoms with Gasteiger partial charge in [-0.3, -0.25) is 0 Å². The molecule has 1 aliphatic heterocycles. The van der Waals surface area contributed by atoms with Crippen molar-refractivity contribution in [3.63, 3.8) is 0 Å². The Morgan fingerprint density at radius 2 is 1.48 bits per heavy atom. The van der Waals surface area contributed by atoms with Gasteiger partial charge in [-0.1, -0.05) is 68.8 Å². The number of hydrogen-bond donors (Lipinski definition) is 0. The highest BCUT2D eigenvalue weighted by Crippen LogP contribution is 2.27. The van der Waals surface area contributed by atoms with Gasteiger partial charge < -0.3 is 9.47 Å². The summed E-state index contributed by atoms with van der Waals surface area (Å²) in [5, 5.41) is 0. The molecule has 0 aromatic heterocycles. The van der Waals surface area contributed by atoms with Crippen molar-refractivity contribution in [3.05, 3.63) is 59.7 Å². The van der Waals surface area contributed by atoms with Gasteiger partial charge in [0.05, 0.1) is 19.3 Å². The predicted molar refractivity (Wildman–Crippen MR) is 94.6 cm³/mol. The Bertz CT molecular complexity index is 593. The third-order valence-electron chi connectivity index (χ3n) is 4.56. The minimum atomic E-state index is 0.0691. The summed E-state index contributed by atoms with van der Waals surface area (Å²) in [6.45, 7) is 5.73. The van der Waals surface area contributed by atoms with Crippen molar-refractivity contribution >= 4 is 0 Å². The van der Waals surface area contributed by atoms with Gasteiger partial charge in [0.2, 0.25) is 0 Å². The SMILES string of the molecule is CCCC1COC(c2ccc(-c3ccc(CC)cc3)cc2)CO1. The van der Waals surface area contributed by atoms with E-state index in [1.165, 1.54) is 22.3 Å². The molecule has 0 N–H and O–H groups in total. The molecule has 2 heteroatoms. The largest absolute Gasteiger partial charge is 0.373 e. The molecule has 0 saturated carbocycles. The number of rotatable bonds is 5. The molecule has 3 rings (SSSR count). The average Bonchev–Trinajstić information content (AvgIpc) is 2.63. The molecule has 2 nitrogen and oxygen atoms in total. The van der Waals surface area contributed by atoms with E-state index in [0.29, 0.717) is 13.2 Å². The van der Waals surface area contributed by atoms with Crippen LogP contribution in [0.2, 0.25) is 0 Å². The van der Waals surface area contributed by atoms with Gasteiger partial charge in [-0.25, -0.2) is 0 Å². The summed E-state index contributed by atoms with van der Waals surface area (Å²) >= 11 is 0. The van der Waals surface area contributed by atoms with Crippen LogP contribution < -0.4 is 0 Å². The fourth-order valence-electron chi connectivity index (χ4n) is 3.05. The molecule has 1 heterocycles. The molecule has 0 radical (unpaired) electrons. The first-order valence-corrected chi connectivity index (χ1v) is 8.72. The van der Waals surface area contributed by atoms with Crippen molar-refractivity contribution in [2.75, 3.05) is 13.2 Å². The second kappa shape index (κ2) is 7.76. The number of aryl methyl sites for hydroxylation is 1. The standard InChI is InChI=1S/C21H26O2/c1-3-5-20-14-23-21(15-22-20)19-12-10-18(11-13-19)17-8-6-16(4-2)7-9-17/h6-13,20-21H,3-5,14-15H2,1-2H3. The van der Waals surface area contributed by atoms with Crippen LogP contribution in [-0.2, 0) is 15.9 Å². The van der Waals surface area contributed by atoms with Crippen LogP contribution in [0.4, 0.5) is 0 Å². The minimum absolute atomic E-state index is 0.0691. The van der Waals surface area contributed by atoms with Crippen molar-refractivity contribution < 1.29 is 9.47 Å². The first-order valence-electron chi connectivity index (χ1n) is 8.72. The lowest BCUT2D eigenvalue weighted by atomic mass is 10.00. The van der Waals surface area contributed by atoms with Crippen molar-refractivity contribution in [3.8, 4) is 11.1 Å². The fraction of sp³-hybridized carbons (Fsp3) is 0.429. The summed E-state index contributed by atoms with van der Waals surface area (Å²) in [6, 6.07) is 17.5. The zero-order chi connectivity index (χ0) is 16.1. The maximum Gasteiger partial charge on any atom is 0.106 e. The zero-order valence-corrected chi connectivity index (χ0v) is 14.1. The minimum Gasteiger partial charge on any atom is -0.373 e. The maximum atomic E-state index is 5.98. The Labute approximate surface area is 139 Å². The molecule has 0 spiro atoms. The lowest BCUT2D eigenvalue weighted by molar-refractivity contribution is -0.137. The lowest BCUT2D eigenvalue weighted by Crippen LogP contribution is -2.30. The normalized spacial score (nSPS) is 21.3. The van der Waals surface area contributed by atoms with Crippen molar-refractivity contribution in [2.24, 2.45) is 0 Å². The quantitative estimate of drug-likeness (QED) is 0.758. The van der Waals surface area contributed by atoms with Crippen molar-refractivity contribution in [2.45, 2.75) is 45.3 Å². The second-order valence-electron chi connectivity index (χ2n) is 6.24. The van der Waals surface area contributed by atoms with Gasteiger partial charge in [0, 0.05) is 0 Å². The van der Waals surface area contributed by atoms with Crippen LogP contribution in [-0.4, -0.2) is 19.3 Å². The highest BCUT2D eigenvalue weighted by molar-refractivity contribution is 5.64. The van der Waals surface area contributed by atoms with Crippen LogP contribution in [0.25, 0.3) is 11.1 Å². The summed E-state index contributed by atoms with van der Waals surface area (Å²) in [5.74, 6) is 0. The molecule has 23 heavy (non-hydrogen) atoms. The van der Waals surface area contributed by atoms with Crippen LogP contribution in [0.5, 0.6) is 0 Å². The van der Waals surface area contributed by atoms with E-state index in [1.807, 2.05) is 0 Å². The van der Waals surface area contributed by atoms with Gasteiger partial charge >= 0.3 is 0 Å². The summed E-state index contributed by atoms with van der Waals surface area (Å²) in [7, 11) is 0. The average molecular weight is 310 g/mol. The smallest absolute Gasteiger partial charge is 0.106 e. The number of benzene rings is 2. The summed E-state index contributed by atoms with van der Waals surface area (Å²) < 4.78 is 11.9. The Hall–Kier alpha value is -1.64. The van der Waals surface area contributed by atoms with Crippen LogP contribution in [0, 0.1) is 0 Å². The first kappa shape index (κ1) is 16.2. The van der Waals surface area contributed by atoms with Gasteiger partial charge in [0.1, 0.15) is 6.10 Å². The molecular weight excluding hydrogens is 284 g/mol. The maximum absolute atomic E-state index is 5.98. The Morgan fingerprint density at radius 3 is 2.00 bits per heavy atom. The van der Waals surface area contributed by atoms with Crippen LogP contribution in [0.3, 0.4) is 0 Å². The predicted octanol–water partition coefficient (Wildman–Crippen LogP) is 5.17. The van der Waals surface area contributed by atoms with Gasteiger partial charge in [-0.05, 0) is 35.1 Å². The highest BCUT2D eigenvalue weighted by Gasteiger charge is 2.22. The number of hydrogen-bond acceptors (Lipinski definition) is 2. The van der Waals surface area contributed by atoms with E-state index in [0.717, 1.165) is 19.3 Å². The van der Waals surface area contributed by atoms with Gasteiger partial charge in [0.25, 0.3) is 0 Å². The molecule has 0 amide bonds. The van der Waals surface area contributed by atoms with Gasteiger partial charge in [-0.2, -0.15) is 0 Å². The molecule has 2 atom stereocenters. The van der Waals surface area contributed by atoms with E-state index in [-0.39, 0.29) is 12.2 Å². The first-order chi connectivity index (χ1) is 11.3. The monoisotopic (exact) mass is 310 g/mol. The molecule has 1 aliphatic rings. The summed E-state index contributed by atoms with van der Waals surface area (Å²) in [5.41, 5.74) is 5.09.